The number of para-hydroxylation sites is 2. The van der Waals surface area contributed by atoms with E-state index < -0.39 is 0 Å². The zero-order valence-corrected chi connectivity index (χ0v) is 12.4. The maximum atomic E-state index is 4.45. The Labute approximate surface area is 125 Å². The largest absolute Gasteiger partial charge is 0.381 e. The highest BCUT2D eigenvalue weighted by Gasteiger charge is 2.25. The minimum Gasteiger partial charge on any atom is -0.381 e. The maximum Gasteiger partial charge on any atom is 0.152 e. The fraction of sp³-hybridized carbons (Fsp3) is 0.500. The summed E-state index contributed by atoms with van der Waals surface area (Å²) < 4.78 is 2.32. The van der Waals surface area contributed by atoms with Crippen molar-refractivity contribution in [3.05, 3.63) is 35.9 Å². The summed E-state index contributed by atoms with van der Waals surface area (Å²) in [5, 5.41) is 12.3. The van der Waals surface area contributed by atoms with Crippen LogP contribution in [0.2, 0.25) is 0 Å². The molecule has 0 aliphatic carbocycles. The van der Waals surface area contributed by atoms with Gasteiger partial charge in [-0.1, -0.05) is 12.1 Å². The number of fused-ring (bicyclic) bond motifs is 2. The third kappa shape index (κ3) is 2.17. The van der Waals surface area contributed by atoms with E-state index in [-0.39, 0.29) is 0 Å². The van der Waals surface area contributed by atoms with E-state index in [2.05, 4.69) is 56.2 Å². The number of nitrogens with one attached hydrogen (secondary N) is 1. The number of hydrogen-bond donors (Lipinski definition) is 1. The summed E-state index contributed by atoms with van der Waals surface area (Å²) in [6.45, 7) is 5.14. The smallest absolute Gasteiger partial charge is 0.152 e. The second-order valence-electron chi connectivity index (χ2n) is 6.02. The summed E-state index contributed by atoms with van der Waals surface area (Å²) in [6.07, 6.45) is 3.55. The fourth-order valence-corrected chi connectivity index (χ4v) is 3.36. The number of aryl methyl sites for hydroxylation is 1. The molecule has 0 spiro atoms. The van der Waals surface area contributed by atoms with Crippen molar-refractivity contribution in [3.63, 3.8) is 0 Å². The van der Waals surface area contributed by atoms with Crippen LogP contribution < -0.4 is 10.2 Å². The molecule has 0 saturated carbocycles. The lowest BCUT2D eigenvalue weighted by Crippen LogP contribution is -2.42. The van der Waals surface area contributed by atoms with Gasteiger partial charge in [-0.2, -0.15) is 0 Å². The van der Waals surface area contributed by atoms with Crippen molar-refractivity contribution in [1.29, 1.82) is 0 Å². The van der Waals surface area contributed by atoms with Crippen molar-refractivity contribution < 1.29 is 0 Å². The molecule has 0 amide bonds. The van der Waals surface area contributed by atoms with Gasteiger partial charge in [-0.05, 0) is 31.9 Å². The Hall–Kier alpha value is -2.04. The number of aromatic nitrogens is 3. The highest BCUT2D eigenvalue weighted by atomic mass is 15.3. The van der Waals surface area contributed by atoms with Crippen LogP contribution in [0, 0.1) is 0 Å². The molecule has 1 unspecified atom stereocenters. The van der Waals surface area contributed by atoms with Gasteiger partial charge in [0.2, 0.25) is 0 Å². The van der Waals surface area contributed by atoms with Crippen molar-refractivity contribution in [2.24, 2.45) is 0 Å². The SMILES string of the molecule is CC1CNc2ccccc2N1Cc1nnc2n1CCCC2. The van der Waals surface area contributed by atoms with Gasteiger partial charge in [0.15, 0.2) is 5.82 Å². The minimum atomic E-state index is 0.455. The molecule has 2 aliphatic rings. The topological polar surface area (TPSA) is 46.0 Å². The first-order valence-electron chi connectivity index (χ1n) is 7.83. The van der Waals surface area contributed by atoms with Gasteiger partial charge in [-0.3, -0.25) is 0 Å². The molecule has 2 aromatic rings. The molecule has 0 saturated heterocycles. The Morgan fingerprint density at radius 1 is 1.24 bits per heavy atom. The first-order valence-corrected chi connectivity index (χ1v) is 7.83. The lowest BCUT2D eigenvalue weighted by atomic mass is 10.1. The van der Waals surface area contributed by atoms with E-state index in [4.69, 9.17) is 0 Å². The predicted molar refractivity (Wildman–Crippen MR) is 83.5 cm³/mol. The van der Waals surface area contributed by atoms with E-state index >= 15 is 0 Å². The minimum absolute atomic E-state index is 0.455. The van der Waals surface area contributed by atoms with Crippen molar-refractivity contribution in [3.8, 4) is 0 Å². The van der Waals surface area contributed by atoms with Gasteiger partial charge in [0.1, 0.15) is 5.82 Å². The highest BCUT2D eigenvalue weighted by molar-refractivity contribution is 5.72. The predicted octanol–water partition coefficient (Wildman–Crippen LogP) is 2.44. The molecule has 110 valence electrons. The van der Waals surface area contributed by atoms with Crippen molar-refractivity contribution in [2.45, 2.75) is 45.3 Å². The Morgan fingerprint density at radius 2 is 2.14 bits per heavy atom. The quantitative estimate of drug-likeness (QED) is 0.919. The van der Waals surface area contributed by atoms with E-state index in [0.717, 1.165) is 37.7 Å². The molecule has 1 aromatic heterocycles. The molecule has 21 heavy (non-hydrogen) atoms. The van der Waals surface area contributed by atoms with Gasteiger partial charge in [0.05, 0.1) is 17.9 Å². The van der Waals surface area contributed by atoms with Crippen molar-refractivity contribution in [1.82, 2.24) is 14.8 Å². The van der Waals surface area contributed by atoms with Gasteiger partial charge < -0.3 is 14.8 Å². The van der Waals surface area contributed by atoms with Crippen LogP contribution in [0.25, 0.3) is 0 Å². The average molecular weight is 283 g/mol. The monoisotopic (exact) mass is 283 g/mol. The molecule has 4 rings (SSSR count). The highest BCUT2D eigenvalue weighted by Crippen LogP contribution is 2.32. The van der Waals surface area contributed by atoms with E-state index in [1.165, 1.54) is 24.2 Å². The summed E-state index contributed by atoms with van der Waals surface area (Å²) in [7, 11) is 0. The van der Waals surface area contributed by atoms with Gasteiger partial charge >= 0.3 is 0 Å². The maximum absolute atomic E-state index is 4.45. The molecule has 5 nitrogen and oxygen atoms in total. The zero-order chi connectivity index (χ0) is 14.2. The van der Waals surface area contributed by atoms with Crippen molar-refractivity contribution >= 4 is 11.4 Å². The Balaban J connectivity index is 1.66. The molecule has 5 heteroatoms. The molecule has 1 N–H and O–H groups in total. The number of rotatable bonds is 2. The summed E-state index contributed by atoms with van der Waals surface area (Å²) >= 11 is 0. The molecular formula is C16H21N5. The summed E-state index contributed by atoms with van der Waals surface area (Å²) in [5.74, 6) is 2.26. The molecule has 1 atom stereocenters. The van der Waals surface area contributed by atoms with Crippen molar-refractivity contribution in [2.75, 3.05) is 16.8 Å². The lowest BCUT2D eigenvalue weighted by molar-refractivity contribution is 0.499. The normalized spacial score (nSPS) is 20.6. The Morgan fingerprint density at radius 3 is 3.10 bits per heavy atom. The second-order valence-corrected chi connectivity index (χ2v) is 6.02. The van der Waals surface area contributed by atoms with Crippen LogP contribution in [0.15, 0.2) is 24.3 Å². The number of anilines is 2. The number of benzene rings is 1. The van der Waals surface area contributed by atoms with E-state index in [1.54, 1.807) is 0 Å². The third-order valence-electron chi connectivity index (χ3n) is 4.58. The standard InChI is InChI=1S/C16H21N5/c1-12-10-17-13-6-2-3-7-14(13)21(12)11-16-19-18-15-8-4-5-9-20(15)16/h2-3,6-7,12,17H,4-5,8-11H2,1H3. The lowest BCUT2D eigenvalue weighted by Gasteiger charge is -2.37. The first-order chi connectivity index (χ1) is 10.3. The summed E-state index contributed by atoms with van der Waals surface area (Å²) in [4.78, 5) is 2.44. The van der Waals surface area contributed by atoms with Gasteiger partial charge in [-0.15, -0.1) is 10.2 Å². The molecule has 0 bridgehead atoms. The van der Waals surface area contributed by atoms with Gasteiger partial charge in [0, 0.05) is 25.6 Å². The number of hydrogen-bond acceptors (Lipinski definition) is 4. The summed E-state index contributed by atoms with van der Waals surface area (Å²) in [5.41, 5.74) is 2.48. The molecule has 0 radical (unpaired) electrons. The van der Waals surface area contributed by atoms with E-state index in [0.29, 0.717) is 6.04 Å². The molecule has 3 heterocycles. The molecule has 2 aliphatic heterocycles. The van der Waals surface area contributed by atoms with Crippen LogP contribution in [0.3, 0.4) is 0 Å². The van der Waals surface area contributed by atoms with Crippen LogP contribution in [0.1, 0.15) is 31.4 Å². The van der Waals surface area contributed by atoms with Gasteiger partial charge in [0.25, 0.3) is 0 Å². The molecule has 0 fully saturated rings. The Bertz CT molecular complexity index is 648. The molecule has 1 aromatic carbocycles. The Kier molecular flexibility index (Phi) is 3.05. The third-order valence-corrected chi connectivity index (χ3v) is 4.58. The molecular weight excluding hydrogens is 262 g/mol. The van der Waals surface area contributed by atoms with Crippen LogP contribution in [0.4, 0.5) is 11.4 Å². The van der Waals surface area contributed by atoms with Crippen LogP contribution in [-0.4, -0.2) is 27.4 Å². The second kappa shape index (κ2) is 5.06. The van der Waals surface area contributed by atoms with E-state index in [1.807, 2.05) is 0 Å². The zero-order valence-electron chi connectivity index (χ0n) is 12.4. The first kappa shape index (κ1) is 12.7. The summed E-state index contributed by atoms with van der Waals surface area (Å²) in [6, 6.07) is 8.97. The van der Waals surface area contributed by atoms with Crippen LogP contribution >= 0.6 is 0 Å². The fourth-order valence-electron chi connectivity index (χ4n) is 3.36. The van der Waals surface area contributed by atoms with Crippen LogP contribution in [0.5, 0.6) is 0 Å². The van der Waals surface area contributed by atoms with Crippen LogP contribution in [-0.2, 0) is 19.5 Å². The average Bonchev–Trinajstić information content (AvgIpc) is 2.93. The van der Waals surface area contributed by atoms with Gasteiger partial charge in [-0.25, -0.2) is 0 Å². The number of nitrogens with zero attached hydrogens (tertiary/aromatic N) is 4. The van der Waals surface area contributed by atoms with E-state index in [9.17, 15) is 0 Å².